The molecule has 1 N–H and O–H groups in total. The average molecular weight is 464 g/mol. The summed E-state index contributed by atoms with van der Waals surface area (Å²) in [6.45, 7) is 0.276. The molecule has 5 nitrogen and oxygen atoms in total. The van der Waals surface area contributed by atoms with Crippen molar-refractivity contribution in [1.82, 2.24) is 4.72 Å². The van der Waals surface area contributed by atoms with E-state index in [4.69, 9.17) is 0 Å². The van der Waals surface area contributed by atoms with Gasteiger partial charge in [0.05, 0.1) is 9.79 Å². The zero-order valence-corrected chi connectivity index (χ0v) is 17.5. The third-order valence-electron chi connectivity index (χ3n) is 3.25. The van der Waals surface area contributed by atoms with Gasteiger partial charge in [0.15, 0.2) is 9.84 Å². The molecule has 0 heterocycles. The summed E-state index contributed by atoms with van der Waals surface area (Å²) < 4.78 is 50.9. The van der Waals surface area contributed by atoms with E-state index >= 15 is 0 Å². The highest BCUT2D eigenvalue weighted by molar-refractivity contribution is 9.10. The van der Waals surface area contributed by atoms with Crippen LogP contribution >= 0.6 is 27.7 Å². The predicted molar refractivity (Wildman–Crippen MR) is 104 cm³/mol. The first-order valence-corrected chi connectivity index (χ1v) is 12.5. The van der Waals surface area contributed by atoms with E-state index in [1.807, 2.05) is 30.3 Å². The molecule has 2 rings (SSSR count). The first-order valence-electron chi connectivity index (χ1n) is 7.37. The molecule has 0 atom stereocenters. The number of thioether (sulfide) groups is 1. The molecule has 0 spiro atoms. The number of hydrogen-bond acceptors (Lipinski definition) is 5. The number of nitrogens with one attached hydrogen (secondary N) is 1. The van der Waals surface area contributed by atoms with E-state index in [1.54, 1.807) is 11.8 Å². The molecule has 0 saturated carbocycles. The molecular formula is C16H18BrNO4S3. The quantitative estimate of drug-likeness (QED) is 0.479. The zero-order chi connectivity index (χ0) is 18.5. The van der Waals surface area contributed by atoms with Crippen LogP contribution in [-0.4, -0.2) is 35.4 Å². The topological polar surface area (TPSA) is 80.3 Å². The Hall–Kier alpha value is -0.870. The van der Waals surface area contributed by atoms with Crippen LogP contribution < -0.4 is 4.72 Å². The largest absolute Gasteiger partial charge is 0.241 e. The van der Waals surface area contributed by atoms with Crippen molar-refractivity contribution >= 4 is 47.6 Å². The summed E-state index contributed by atoms with van der Waals surface area (Å²) in [4.78, 5) is 1.02. The van der Waals surface area contributed by atoms with Crippen molar-refractivity contribution in [1.29, 1.82) is 0 Å². The molecule has 0 unspecified atom stereocenters. The lowest BCUT2D eigenvalue weighted by Crippen LogP contribution is -2.25. The van der Waals surface area contributed by atoms with Crippen molar-refractivity contribution in [2.75, 3.05) is 18.6 Å². The number of benzene rings is 2. The minimum Gasteiger partial charge on any atom is -0.224 e. The van der Waals surface area contributed by atoms with Gasteiger partial charge in [-0.15, -0.1) is 11.8 Å². The van der Waals surface area contributed by atoms with Crippen LogP contribution in [0.1, 0.15) is 6.42 Å². The maximum atomic E-state index is 12.4. The maximum Gasteiger partial charge on any atom is 0.241 e. The fourth-order valence-electron chi connectivity index (χ4n) is 1.98. The van der Waals surface area contributed by atoms with E-state index in [2.05, 4.69) is 20.7 Å². The Kier molecular flexibility index (Phi) is 7.10. The van der Waals surface area contributed by atoms with Gasteiger partial charge >= 0.3 is 0 Å². The second-order valence-electron chi connectivity index (χ2n) is 5.28. The van der Waals surface area contributed by atoms with Gasteiger partial charge < -0.3 is 0 Å². The van der Waals surface area contributed by atoms with Crippen LogP contribution in [-0.2, 0) is 19.9 Å². The molecule has 0 aliphatic carbocycles. The second-order valence-corrected chi connectivity index (χ2v) is 11.1. The van der Waals surface area contributed by atoms with Crippen LogP contribution in [0.2, 0.25) is 0 Å². The molecule has 9 heteroatoms. The van der Waals surface area contributed by atoms with E-state index in [1.165, 1.54) is 18.2 Å². The molecule has 0 amide bonds. The monoisotopic (exact) mass is 463 g/mol. The fourth-order valence-corrected chi connectivity index (χ4v) is 5.64. The van der Waals surface area contributed by atoms with Crippen LogP contribution in [0.3, 0.4) is 0 Å². The number of hydrogen-bond donors (Lipinski definition) is 1. The summed E-state index contributed by atoms with van der Waals surface area (Å²) in [5.74, 6) is 0.775. The van der Waals surface area contributed by atoms with Crippen molar-refractivity contribution in [3.63, 3.8) is 0 Å². The lowest BCUT2D eigenvalue weighted by Gasteiger charge is -2.10. The molecule has 2 aromatic carbocycles. The van der Waals surface area contributed by atoms with Crippen molar-refractivity contribution in [2.24, 2.45) is 0 Å². The molecule has 0 bridgehead atoms. The second kappa shape index (κ2) is 8.68. The van der Waals surface area contributed by atoms with Gasteiger partial charge in [-0.05, 0) is 58.4 Å². The normalized spacial score (nSPS) is 12.2. The number of halogens is 1. The summed E-state index contributed by atoms with van der Waals surface area (Å²) in [6, 6.07) is 13.8. The minimum absolute atomic E-state index is 0.0318. The predicted octanol–water partition coefficient (Wildman–Crippen LogP) is 3.31. The molecule has 0 fully saturated rings. The standard InChI is InChI=1S/C16H18BrNO4S3/c1-24(19,20)14-8-9-15(17)16(12-14)25(21,22)18-10-5-11-23-13-6-3-2-4-7-13/h2-4,6-9,12,18H,5,10-11H2,1H3. The molecule has 25 heavy (non-hydrogen) atoms. The fraction of sp³-hybridized carbons (Fsp3) is 0.250. The van der Waals surface area contributed by atoms with E-state index in [0.717, 1.165) is 16.9 Å². The number of sulfone groups is 1. The summed E-state index contributed by atoms with van der Waals surface area (Å²) in [5.41, 5.74) is 0. The van der Waals surface area contributed by atoms with Gasteiger partial charge in [0.1, 0.15) is 0 Å². The summed E-state index contributed by atoms with van der Waals surface area (Å²) in [7, 11) is -7.27. The Morgan fingerprint density at radius 2 is 1.72 bits per heavy atom. The first kappa shape index (κ1) is 20.4. The van der Waals surface area contributed by atoms with Gasteiger partial charge in [-0.2, -0.15) is 0 Å². The van der Waals surface area contributed by atoms with Gasteiger partial charge in [0.2, 0.25) is 10.0 Å². The van der Waals surface area contributed by atoms with E-state index in [0.29, 0.717) is 10.9 Å². The van der Waals surface area contributed by atoms with Crippen molar-refractivity contribution in [3.05, 3.63) is 53.0 Å². The molecule has 2 aromatic rings. The van der Waals surface area contributed by atoms with Crippen LogP contribution in [0.5, 0.6) is 0 Å². The van der Waals surface area contributed by atoms with Gasteiger partial charge in [-0.1, -0.05) is 18.2 Å². The summed E-state index contributed by atoms with van der Waals surface area (Å²) in [5, 5.41) is 0. The Morgan fingerprint density at radius 1 is 1.04 bits per heavy atom. The molecule has 136 valence electrons. The highest BCUT2D eigenvalue weighted by atomic mass is 79.9. The van der Waals surface area contributed by atoms with E-state index in [9.17, 15) is 16.8 Å². The van der Waals surface area contributed by atoms with Crippen molar-refractivity contribution in [2.45, 2.75) is 21.1 Å². The summed E-state index contributed by atoms with van der Waals surface area (Å²) >= 11 is 4.82. The van der Waals surface area contributed by atoms with Crippen LogP contribution in [0.25, 0.3) is 0 Å². The highest BCUT2D eigenvalue weighted by Crippen LogP contribution is 2.25. The maximum absolute atomic E-state index is 12.4. The Balaban J connectivity index is 1.97. The third-order valence-corrected chi connectivity index (χ3v) is 7.91. The van der Waals surface area contributed by atoms with E-state index < -0.39 is 19.9 Å². The lowest BCUT2D eigenvalue weighted by molar-refractivity contribution is 0.580. The molecule has 0 aromatic heterocycles. The lowest BCUT2D eigenvalue weighted by atomic mass is 10.4. The van der Waals surface area contributed by atoms with Gasteiger partial charge in [0, 0.05) is 22.2 Å². The van der Waals surface area contributed by atoms with Crippen LogP contribution in [0.15, 0.2) is 67.7 Å². The third kappa shape index (κ3) is 6.10. The van der Waals surface area contributed by atoms with Gasteiger partial charge in [-0.3, -0.25) is 0 Å². The summed E-state index contributed by atoms with van der Waals surface area (Å²) in [6.07, 6.45) is 1.70. The number of sulfonamides is 1. The SMILES string of the molecule is CS(=O)(=O)c1ccc(Br)c(S(=O)(=O)NCCCSc2ccccc2)c1. The molecular weight excluding hydrogens is 446 g/mol. The molecule has 0 aliphatic rings. The van der Waals surface area contributed by atoms with Crippen molar-refractivity contribution in [3.8, 4) is 0 Å². The average Bonchev–Trinajstić information content (AvgIpc) is 2.54. The molecule has 0 saturated heterocycles. The molecule has 0 aliphatic heterocycles. The zero-order valence-electron chi connectivity index (χ0n) is 13.5. The Morgan fingerprint density at radius 3 is 2.36 bits per heavy atom. The Labute approximate surface area is 161 Å². The van der Waals surface area contributed by atoms with Crippen LogP contribution in [0, 0.1) is 0 Å². The Bertz CT molecular complexity index is 929. The van der Waals surface area contributed by atoms with Gasteiger partial charge in [-0.25, -0.2) is 21.6 Å². The minimum atomic E-state index is -3.79. The van der Waals surface area contributed by atoms with E-state index in [-0.39, 0.29) is 16.3 Å². The number of rotatable bonds is 8. The van der Waals surface area contributed by atoms with Crippen molar-refractivity contribution < 1.29 is 16.8 Å². The van der Waals surface area contributed by atoms with Crippen LogP contribution in [0.4, 0.5) is 0 Å². The van der Waals surface area contributed by atoms with Gasteiger partial charge in [0.25, 0.3) is 0 Å². The first-order chi connectivity index (χ1) is 11.7. The smallest absolute Gasteiger partial charge is 0.224 e. The highest BCUT2D eigenvalue weighted by Gasteiger charge is 2.20. The molecule has 0 radical (unpaired) electrons.